The zero-order valence-corrected chi connectivity index (χ0v) is 86.9. The van der Waals surface area contributed by atoms with Gasteiger partial charge in [-0.05, 0) is 79.2 Å². The van der Waals surface area contributed by atoms with Gasteiger partial charge in [-0.3, -0.25) is 29.9 Å². The van der Waals surface area contributed by atoms with Crippen LogP contribution in [-0.4, -0.2) is 108 Å². The van der Waals surface area contributed by atoms with Crippen LogP contribution >= 0.6 is 11.3 Å². The second-order valence-electron chi connectivity index (χ2n) is 33.6. The molecule has 0 fully saturated rings. The van der Waals surface area contributed by atoms with Crippen molar-refractivity contribution < 1.29 is 112 Å². The van der Waals surface area contributed by atoms with Crippen LogP contribution in [0.1, 0.15) is 40.0 Å². The van der Waals surface area contributed by atoms with Crippen molar-refractivity contribution in [3.05, 3.63) is 395 Å². The van der Waals surface area contributed by atoms with Gasteiger partial charge < -0.3 is 24.3 Å². The van der Waals surface area contributed by atoms with Crippen LogP contribution in [0.2, 0.25) is 10.5 Å². The van der Waals surface area contributed by atoms with E-state index in [4.69, 9.17) is 29.3 Å². The second-order valence-corrected chi connectivity index (χ2v) is 45.9. The van der Waals surface area contributed by atoms with Gasteiger partial charge in [-0.2, -0.15) is 0 Å². The third-order valence-corrected chi connectivity index (χ3v) is 39.9. The largest absolute Gasteiger partial charge is 0.507 e. The number of phenols is 5. The molecule has 1 aliphatic heterocycles. The zero-order valence-electron chi connectivity index (χ0n) is 77.3. The van der Waals surface area contributed by atoms with Crippen molar-refractivity contribution in [2.45, 2.75) is 57.1 Å². The SMILES string of the molecule is CCCn1c2ccc(-c3[c-]c(-c4ccccn4)ccc3)nc2c2c(O)cccc21.CC[CH2][Ge]1([CH2]CC)[c]2ccc(-c3[c-]c(-c4ccccn4)ccc3)nc2-c2c(O)ccc[c]21.Oc1cccc2[se]c3ccc(-c4[c-]c(-c5ccccn5)ccc4)nc3c12.Oc1cccc2oc3ccc(-c4[c-]c(-c5ccccn5)ccc4)nc3c12.Oc1cccc2sc3ccc(-c4[c-]c(-c5ccccn5)ccc4)nc3c12.[Ni].[Ni].[Ni].[Ni].[Ni]. The third kappa shape index (κ3) is 21.0. The Morgan fingerprint density at radius 2 is 0.674 bits per heavy atom. The summed E-state index contributed by atoms with van der Waals surface area (Å²) in [4.78, 5) is 46.6. The molecule has 0 saturated carbocycles. The number of aromatic nitrogens is 11. The maximum absolute atomic E-state index is 10.9. The number of nitrogens with zero attached hydrogens (tertiary/aromatic N) is 11. The van der Waals surface area contributed by atoms with Crippen LogP contribution in [-0.2, 0) is 89.0 Å². The van der Waals surface area contributed by atoms with Crippen LogP contribution < -0.4 is 8.79 Å². The summed E-state index contributed by atoms with van der Waals surface area (Å²) in [6, 6.07) is 125. The summed E-state index contributed by atoms with van der Waals surface area (Å²) in [5.74, 6) is 1.36. The molecule has 25 heteroatoms. The number of hydrogen-bond donors (Lipinski definition) is 5. The molecule has 144 heavy (non-hydrogen) atoms. The van der Waals surface area contributed by atoms with E-state index in [-0.39, 0.29) is 114 Å². The Morgan fingerprint density at radius 3 is 1.16 bits per heavy atom. The van der Waals surface area contributed by atoms with Gasteiger partial charge in [0.05, 0.1) is 42.9 Å². The summed E-state index contributed by atoms with van der Waals surface area (Å²) in [5.41, 5.74) is 26.3. The predicted molar refractivity (Wildman–Crippen MR) is 563 cm³/mol. The van der Waals surface area contributed by atoms with Gasteiger partial charge in [0.15, 0.2) is 5.58 Å². The van der Waals surface area contributed by atoms with E-state index < -0.39 is 13.3 Å². The minimum atomic E-state index is -2.58. The number of aryl methyl sites for hydroxylation is 1. The quantitative estimate of drug-likeness (QED) is 0.0446. The first-order valence-electron chi connectivity index (χ1n) is 46.0. The van der Waals surface area contributed by atoms with E-state index >= 15 is 0 Å². The molecule has 0 unspecified atom stereocenters. The van der Waals surface area contributed by atoms with Gasteiger partial charge in [-0.15, -0.1) is 84.1 Å². The Bertz CT molecular complexity index is 8220. The molecule has 10 aromatic carbocycles. The summed E-state index contributed by atoms with van der Waals surface area (Å²) in [6.45, 7) is 7.60. The van der Waals surface area contributed by atoms with Crippen molar-refractivity contribution >= 4 is 132 Å². The fourth-order valence-corrected chi connectivity index (χ4v) is 33.4. The molecule has 0 atom stereocenters. The van der Waals surface area contributed by atoms with Crippen LogP contribution in [0.4, 0.5) is 0 Å². The van der Waals surface area contributed by atoms with Gasteiger partial charge in [0.25, 0.3) is 0 Å². The molecule has 0 saturated heterocycles. The first-order valence-corrected chi connectivity index (χ1v) is 53.6. The number of benzene rings is 10. The molecular formula is C119H86GeN11Ni5O6SSe-5. The molecule has 724 valence electrons. The summed E-state index contributed by atoms with van der Waals surface area (Å²) in [7, 11) is 0. The fourth-order valence-electron chi connectivity index (χ4n) is 18.5. The van der Waals surface area contributed by atoms with Crippen molar-refractivity contribution in [3.8, 4) is 153 Å². The summed E-state index contributed by atoms with van der Waals surface area (Å²) in [5, 5.41) is 57.8. The molecule has 0 aliphatic carbocycles. The molecule has 5 N–H and O–H groups in total. The Balaban J connectivity index is 0.000000128. The van der Waals surface area contributed by atoms with Crippen LogP contribution in [0.3, 0.4) is 0 Å². The Morgan fingerprint density at radius 1 is 0.285 bits per heavy atom. The molecule has 17 nitrogen and oxygen atoms in total. The Kier molecular flexibility index (Phi) is 33.0. The normalized spacial score (nSPS) is 11.4. The molecule has 1 aliphatic rings. The maximum Gasteiger partial charge on any atom is 0.152 e. The minimum Gasteiger partial charge on any atom is -0.507 e. The standard InChI is InChI=1S/C28H27GeN2O.C25H20N3O.C22H13N2O2.C22H13N2OS.C22H13N2OSe.5Ni/c1-3-16-29(17-4-2)22-11-8-13-26(32)27(22)28-23(29)14-15-25(31-28)21-10-7-9-20(19-21)24-12-5-6-18-30-24;1-2-15-28-21-10-6-11-23(29)24(21)25-22(28)13-12-20(27-25)18-8-5-7-17(16-18)19-9-3-4-14-26-19;3*25-18-8-4-9-19-21(18)22-20(26-19)11-10-17(24-22)15-6-3-5-14(13-15)16-7-1-2-12-23-16;;;;;/h5-15,18,32H,3-4,16-17H2,1-2H3;3-14,29H,2,15H2,1H3;3*1-12,25H;;;;;/q5*-1;;;;;. The van der Waals surface area contributed by atoms with E-state index in [0.29, 0.717) is 33.6 Å². The number of hydrogen-bond acceptors (Lipinski definition) is 17. The minimum absolute atomic E-state index is 0. The van der Waals surface area contributed by atoms with Gasteiger partial charge in [-0.1, -0.05) is 113 Å². The van der Waals surface area contributed by atoms with Crippen LogP contribution in [0.15, 0.2) is 369 Å². The summed E-state index contributed by atoms with van der Waals surface area (Å²) < 4.78 is 15.3. The molecule has 24 aromatic rings. The molecule has 0 radical (unpaired) electrons. The van der Waals surface area contributed by atoms with Crippen LogP contribution in [0.5, 0.6) is 28.7 Å². The first-order chi connectivity index (χ1) is 68.3. The molecule has 15 heterocycles. The number of aromatic hydroxyl groups is 5. The number of thiophene rings is 1. The van der Waals surface area contributed by atoms with Crippen molar-refractivity contribution in [1.29, 1.82) is 0 Å². The van der Waals surface area contributed by atoms with E-state index in [1.807, 2.05) is 249 Å². The van der Waals surface area contributed by atoms with E-state index in [1.165, 1.54) is 27.8 Å². The van der Waals surface area contributed by atoms with Crippen LogP contribution in [0.25, 0.3) is 208 Å². The van der Waals surface area contributed by atoms with Crippen molar-refractivity contribution in [2.24, 2.45) is 0 Å². The van der Waals surface area contributed by atoms with Crippen molar-refractivity contribution in [3.63, 3.8) is 0 Å². The third-order valence-electron chi connectivity index (χ3n) is 24.7. The number of pyridine rings is 10. The molecule has 0 bridgehead atoms. The predicted octanol–water partition coefficient (Wildman–Crippen LogP) is 27.1. The number of phenolic OH excluding ortho intramolecular Hbond substituents is 5. The van der Waals surface area contributed by atoms with E-state index in [2.05, 4.69) is 129 Å². The maximum atomic E-state index is 10.9. The Labute approximate surface area is 894 Å². The average Bonchev–Trinajstić information content (AvgIpc) is 1.55. The zero-order chi connectivity index (χ0) is 94.5. The summed E-state index contributed by atoms with van der Waals surface area (Å²) >= 11 is -0.757. The van der Waals surface area contributed by atoms with E-state index in [9.17, 15) is 25.5 Å². The molecule has 14 aromatic heterocycles. The second kappa shape index (κ2) is 46.2. The molecule has 0 spiro atoms. The smallest absolute Gasteiger partial charge is 0.152 e. The van der Waals surface area contributed by atoms with Gasteiger partial charge in [-0.25, -0.2) is 0 Å². The molecule has 0 amide bonds. The fraction of sp³-hybridized carbons (Fsp3) is 0.0756. The number of fused-ring (bicyclic) bond motifs is 15. The van der Waals surface area contributed by atoms with Gasteiger partial charge in [0, 0.05) is 146 Å². The topological polar surface area (TPSA) is 248 Å². The van der Waals surface area contributed by atoms with Gasteiger partial charge in [0.1, 0.15) is 28.3 Å². The van der Waals surface area contributed by atoms with Crippen molar-refractivity contribution in [2.75, 3.05) is 0 Å². The van der Waals surface area contributed by atoms with Gasteiger partial charge >= 0.3 is 349 Å². The summed E-state index contributed by atoms with van der Waals surface area (Å²) in [6.07, 6.45) is 12.2. The van der Waals surface area contributed by atoms with Crippen molar-refractivity contribution in [1.82, 2.24) is 54.4 Å². The van der Waals surface area contributed by atoms with Gasteiger partial charge in [0.2, 0.25) is 0 Å². The monoisotopic (exact) mass is 2240 g/mol. The first kappa shape index (κ1) is 103. The van der Waals surface area contributed by atoms with Crippen LogP contribution in [0, 0.1) is 30.3 Å². The molecule has 25 rings (SSSR count). The Hall–Kier alpha value is -14.0. The van der Waals surface area contributed by atoms with E-state index in [1.54, 1.807) is 78.7 Å². The average molecular weight is 2240 g/mol. The number of rotatable bonds is 16. The molecular weight excluding hydrogens is 2160 g/mol. The number of furan rings is 1. The van der Waals surface area contributed by atoms with E-state index in [0.717, 1.165) is 203 Å².